The molecule has 1 saturated heterocycles. The van der Waals surface area contributed by atoms with Gasteiger partial charge in [-0.1, -0.05) is 0 Å². The Labute approximate surface area is 153 Å². The Hall–Kier alpha value is -2.23. The Morgan fingerprint density at radius 3 is 2.38 bits per heavy atom. The van der Waals surface area contributed by atoms with E-state index in [1.807, 2.05) is 14.0 Å². The summed E-state index contributed by atoms with van der Waals surface area (Å²) in [5.41, 5.74) is 1.53. The van der Waals surface area contributed by atoms with Crippen molar-refractivity contribution in [3.05, 3.63) is 42.2 Å². The third-order valence-electron chi connectivity index (χ3n) is 4.31. The van der Waals surface area contributed by atoms with Crippen molar-refractivity contribution in [3.8, 4) is 0 Å². The summed E-state index contributed by atoms with van der Waals surface area (Å²) < 4.78 is 28.4. The Morgan fingerprint density at radius 1 is 1.15 bits per heavy atom. The molecule has 3 rings (SSSR count). The molecule has 8 nitrogen and oxygen atoms in total. The summed E-state index contributed by atoms with van der Waals surface area (Å²) >= 11 is 0. The number of rotatable bonds is 5. The molecule has 26 heavy (non-hydrogen) atoms. The highest BCUT2D eigenvalue weighted by Crippen LogP contribution is 2.19. The third-order valence-corrected chi connectivity index (χ3v) is 6.22. The van der Waals surface area contributed by atoms with Gasteiger partial charge in [-0.15, -0.1) is 0 Å². The molecule has 1 N–H and O–H groups in total. The number of likely N-dealkylation sites (N-methyl/N-ethyl adjacent to an activating group) is 1. The normalized spacial score (nSPS) is 16.5. The molecule has 1 aliphatic rings. The van der Waals surface area contributed by atoms with E-state index in [2.05, 4.69) is 15.3 Å². The second-order valence-corrected chi connectivity index (χ2v) is 8.43. The number of carbonyl (C=O) groups excluding carboxylic acids is 1. The molecule has 1 aliphatic heterocycles. The van der Waals surface area contributed by atoms with Gasteiger partial charge in [-0.05, 0) is 43.8 Å². The number of anilines is 1. The highest BCUT2D eigenvalue weighted by molar-refractivity contribution is 7.89. The van der Waals surface area contributed by atoms with Gasteiger partial charge < -0.3 is 10.2 Å². The Kier molecular flexibility index (Phi) is 5.40. The first-order chi connectivity index (χ1) is 12.3. The molecule has 9 heteroatoms. The van der Waals surface area contributed by atoms with Gasteiger partial charge in [0.15, 0.2) is 0 Å². The molecule has 0 saturated carbocycles. The van der Waals surface area contributed by atoms with E-state index in [9.17, 15) is 13.2 Å². The van der Waals surface area contributed by atoms with Crippen LogP contribution in [0.3, 0.4) is 0 Å². The number of carbonyl (C=O) groups is 1. The van der Waals surface area contributed by atoms with Crippen molar-refractivity contribution in [1.82, 2.24) is 19.0 Å². The van der Waals surface area contributed by atoms with Gasteiger partial charge in [-0.3, -0.25) is 9.48 Å². The monoisotopic (exact) mass is 377 g/mol. The van der Waals surface area contributed by atoms with Crippen molar-refractivity contribution >= 4 is 21.6 Å². The first-order valence-corrected chi connectivity index (χ1v) is 9.86. The molecule has 0 atom stereocenters. The van der Waals surface area contributed by atoms with Gasteiger partial charge in [-0.2, -0.15) is 9.40 Å². The molecule has 140 valence electrons. The van der Waals surface area contributed by atoms with E-state index in [1.165, 1.54) is 16.4 Å². The van der Waals surface area contributed by atoms with Gasteiger partial charge in [0.25, 0.3) is 0 Å². The minimum absolute atomic E-state index is 0.106. The van der Waals surface area contributed by atoms with Crippen LogP contribution in [0, 0.1) is 6.92 Å². The predicted octanol–water partition coefficient (Wildman–Crippen LogP) is 0.766. The topological polar surface area (TPSA) is 87.5 Å². The highest BCUT2D eigenvalue weighted by Gasteiger charge is 2.27. The van der Waals surface area contributed by atoms with Crippen molar-refractivity contribution in [3.63, 3.8) is 0 Å². The molecular weight excluding hydrogens is 354 g/mol. The molecular formula is C17H23N5O3S. The Balaban J connectivity index is 1.63. The van der Waals surface area contributed by atoms with E-state index in [4.69, 9.17) is 0 Å². The Morgan fingerprint density at radius 2 is 1.81 bits per heavy atom. The highest BCUT2D eigenvalue weighted by atomic mass is 32.2. The lowest BCUT2D eigenvalue weighted by atomic mass is 10.3. The smallest absolute Gasteiger partial charge is 0.246 e. The number of nitrogens with zero attached hydrogens (tertiary/aromatic N) is 4. The maximum atomic E-state index is 12.7. The second-order valence-electron chi connectivity index (χ2n) is 6.50. The van der Waals surface area contributed by atoms with Crippen LogP contribution in [0.5, 0.6) is 0 Å². The van der Waals surface area contributed by atoms with E-state index in [1.54, 1.807) is 29.2 Å². The second kappa shape index (κ2) is 7.56. The van der Waals surface area contributed by atoms with Crippen molar-refractivity contribution in [1.29, 1.82) is 0 Å². The molecule has 1 fully saturated rings. The summed E-state index contributed by atoms with van der Waals surface area (Å²) in [4.78, 5) is 14.4. The SMILES string of the molecule is Cc1cnn(CC(=O)Nc2ccc(S(=O)(=O)N3CCN(C)CC3)cc2)c1. The third kappa shape index (κ3) is 4.29. The summed E-state index contributed by atoms with van der Waals surface area (Å²) in [5.74, 6) is -0.220. The minimum atomic E-state index is -3.50. The van der Waals surface area contributed by atoms with Crippen LogP contribution in [0.1, 0.15) is 5.56 Å². The van der Waals surface area contributed by atoms with Crippen LogP contribution in [0.15, 0.2) is 41.6 Å². The number of benzene rings is 1. The van der Waals surface area contributed by atoms with Gasteiger partial charge in [0.2, 0.25) is 15.9 Å². The fourth-order valence-electron chi connectivity index (χ4n) is 2.79. The van der Waals surface area contributed by atoms with Crippen LogP contribution in [0.25, 0.3) is 0 Å². The first kappa shape index (κ1) is 18.6. The summed E-state index contributed by atoms with van der Waals surface area (Å²) in [6.45, 7) is 4.43. The summed E-state index contributed by atoms with van der Waals surface area (Å²) in [5, 5.41) is 6.82. The summed E-state index contributed by atoms with van der Waals surface area (Å²) in [6, 6.07) is 6.27. The summed E-state index contributed by atoms with van der Waals surface area (Å²) in [7, 11) is -1.52. The largest absolute Gasteiger partial charge is 0.324 e. The maximum Gasteiger partial charge on any atom is 0.246 e. The van der Waals surface area contributed by atoms with Crippen molar-refractivity contribution < 1.29 is 13.2 Å². The van der Waals surface area contributed by atoms with E-state index in [-0.39, 0.29) is 17.3 Å². The number of piperazine rings is 1. The molecule has 1 amide bonds. The number of aromatic nitrogens is 2. The average molecular weight is 377 g/mol. The average Bonchev–Trinajstić information content (AvgIpc) is 3.00. The van der Waals surface area contributed by atoms with Crippen LogP contribution >= 0.6 is 0 Å². The lowest BCUT2D eigenvalue weighted by molar-refractivity contribution is -0.116. The lowest BCUT2D eigenvalue weighted by Crippen LogP contribution is -2.46. The number of hydrogen-bond donors (Lipinski definition) is 1. The Bertz CT molecular complexity index is 868. The minimum Gasteiger partial charge on any atom is -0.324 e. The quantitative estimate of drug-likeness (QED) is 0.831. The molecule has 2 heterocycles. The van der Waals surface area contributed by atoms with Crippen molar-refractivity contribution in [2.24, 2.45) is 0 Å². The van der Waals surface area contributed by atoms with E-state index >= 15 is 0 Å². The zero-order valence-electron chi connectivity index (χ0n) is 14.9. The molecule has 2 aromatic rings. The maximum absolute atomic E-state index is 12.7. The standard InChI is InChI=1S/C17H23N5O3S/c1-14-11-18-21(12-14)13-17(23)19-15-3-5-16(6-4-15)26(24,25)22-9-7-20(2)8-10-22/h3-6,11-12H,7-10,13H2,1-2H3,(H,19,23). The van der Waals surface area contributed by atoms with Crippen LogP contribution < -0.4 is 5.32 Å². The van der Waals surface area contributed by atoms with E-state index in [0.717, 1.165) is 18.7 Å². The molecule has 0 bridgehead atoms. The number of hydrogen-bond acceptors (Lipinski definition) is 5. The van der Waals surface area contributed by atoms with Crippen molar-refractivity contribution in [2.45, 2.75) is 18.4 Å². The molecule has 0 radical (unpaired) electrons. The van der Waals surface area contributed by atoms with Crippen LogP contribution in [0.2, 0.25) is 0 Å². The number of sulfonamides is 1. The van der Waals surface area contributed by atoms with Gasteiger partial charge in [0.1, 0.15) is 6.54 Å². The number of nitrogens with one attached hydrogen (secondary N) is 1. The lowest BCUT2D eigenvalue weighted by Gasteiger charge is -2.31. The number of aryl methyl sites for hydroxylation is 1. The van der Waals surface area contributed by atoms with Crippen LogP contribution in [-0.2, 0) is 21.4 Å². The van der Waals surface area contributed by atoms with Gasteiger partial charge >= 0.3 is 0 Å². The van der Waals surface area contributed by atoms with Crippen LogP contribution in [0.4, 0.5) is 5.69 Å². The number of amides is 1. The molecule has 0 spiro atoms. The molecule has 0 unspecified atom stereocenters. The molecule has 1 aromatic heterocycles. The fraction of sp³-hybridized carbons (Fsp3) is 0.412. The van der Waals surface area contributed by atoms with Crippen LogP contribution in [-0.4, -0.2) is 66.5 Å². The van der Waals surface area contributed by atoms with Gasteiger partial charge in [0.05, 0.1) is 11.1 Å². The molecule has 1 aromatic carbocycles. The fourth-order valence-corrected chi connectivity index (χ4v) is 4.21. The zero-order chi connectivity index (χ0) is 18.7. The van der Waals surface area contributed by atoms with Crippen molar-refractivity contribution in [2.75, 3.05) is 38.5 Å². The zero-order valence-corrected chi connectivity index (χ0v) is 15.7. The van der Waals surface area contributed by atoms with E-state index < -0.39 is 10.0 Å². The predicted molar refractivity (Wildman–Crippen MR) is 98.3 cm³/mol. The van der Waals surface area contributed by atoms with E-state index in [0.29, 0.717) is 18.8 Å². The summed E-state index contributed by atoms with van der Waals surface area (Å²) in [6.07, 6.45) is 3.47. The molecule has 0 aliphatic carbocycles. The van der Waals surface area contributed by atoms with Gasteiger partial charge in [0, 0.05) is 38.1 Å². The first-order valence-electron chi connectivity index (χ1n) is 8.42. The van der Waals surface area contributed by atoms with Gasteiger partial charge in [-0.25, -0.2) is 8.42 Å².